The zero-order valence-electron chi connectivity index (χ0n) is 7.32. The average Bonchev–Trinajstić information content (AvgIpc) is 2.15. The lowest BCUT2D eigenvalue weighted by atomic mass is 10.3. The number of Topliss-reactive ketones (excluding diaryl/α,β-unsaturated/α-hetero) is 1. The Morgan fingerprint density at radius 1 is 1.38 bits per heavy atom. The number of hydrogen-bond acceptors (Lipinski definition) is 3. The first-order valence-electron chi connectivity index (χ1n) is 3.85. The Balaban J connectivity index is 2.62. The molecular formula is C9H11N3O. The topological polar surface area (TPSA) is 67.5 Å². The third-order valence-electron chi connectivity index (χ3n) is 1.44. The molecule has 1 aromatic carbocycles. The number of anilines is 1. The minimum Gasteiger partial charge on any atom is -0.379 e. The number of hydrogen-bond donors (Lipinski definition) is 2. The lowest BCUT2D eigenvalue weighted by Gasteiger charge is -1.99. The monoisotopic (exact) mass is 177 g/mol. The number of para-hydroxylation sites is 1. The van der Waals surface area contributed by atoms with Crippen LogP contribution in [0.3, 0.4) is 0 Å². The summed E-state index contributed by atoms with van der Waals surface area (Å²) in [6.07, 6.45) is 0. The largest absolute Gasteiger partial charge is 0.379 e. The molecule has 0 spiro atoms. The lowest BCUT2D eigenvalue weighted by Crippen LogP contribution is -2.22. The predicted molar refractivity (Wildman–Crippen MR) is 52.4 cm³/mol. The number of nitrogens with one attached hydrogen (secondary N) is 1. The highest BCUT2D eigenvalue weighted by Crippen LogP contribution is 2.03. The zero-order chi connectivity index (χ0) is 9.68. The molecule has 0 bridgehead atoms. The maximum absolute atomic E-state index is 10.7. The third-order valence-corrected chi connectivity index (χ3v) is 1.44. The van der Waals surface area contributed by atoms with E-state index < -0.39 is 0 Å². The maximum Gasteiger partial charge on any atom is 0.196 e. The molecule has 0 aromatic heterocycles. The Kier molecular flexibility index (Phi) is 3.03. The summed E-state index contributed by atoms with van der Waals surface area (Å²) < 4.78 is 0. The van der Waals surface area contributed by atoms with Gasteiger partial charge in [-0.05, 0) is 12.1 Å². The Bertz CT molecular complexity index is 319. The van der Waals surface area contributed by atoms with Crippen molar-refractivity contribution in [3.8, 4) is 0 Å². The fraction of sp³-hybridized carbons (Fsp3) is 0.111. The Hall–Kier alpha value is -1.84. The maximum atomic E-state index is 10.7. The van der Waals surface area contributed by atoms with E-state index in [0.29, 0.717) is 0 Å². The number of ketones is 1. The van der Waals surface area contributed by atoms with Crippen LogP contribution < -0.4 is 11.2 Å². The number of benzene rings is 1. The molecule has 0 atom stereocenters. The van der Waals surface area contributed by atoms with E-state index in [0.717, 1.165) is 5.69 Å². The summed E-state index contributed by atoms with van der Waals surface area (Å²) in [5, 5.41) is 3.69. The van der Waals surface area contributed by atoms with E-state index in [-0.39, 0.29) is 11.6 Å². The van der Waals surface area contributed by atoms with Crippen LogP contribution in [-0.4, -0.2) is 11.6 Å². The van der Waals surface area contributed by atoms with Crippen molar-refractivity contribution in [2.45, 2.75) is 6.92 Å². The van der Waals surface area contributed by atoms with Gasteiger partial charge in [0.05, 0.1) is 5.69 Å². The summed E-state index contributed by atoms with van der Waals surface area (Å²) in [6, 6.07) is 9.28. The molecule has 0 aliphatic carbocycles. The molecule has 68 valence electrons. The molecule has 4 heteroatoms. The first-order chi connectivity index (χ1) is 6.20. The van der Waals surface area contributed by atoms with Gasteiger partial charge >= 0.3 is 0 Å². The van der Waals surface area contributed by atoms with Crippen molar-refractivity contribution in [3.05, 3.63) is 30.3 Å². The molecule has 13 heavy (non-hydrogen) atoms. The van der Waals surface area contributed by atoms with Gasteiger partial charge in [0.15, 0.2) is 11.6 Å². The van der Waals surface area contributed by atoms with Crippen LogP contribution in [0.15, 0.2) is 35.4 Å². The molecule has 1 aromatic rings. The van der Waals surface area contributed by atoms with Gasteiger partial charge in [0.25, 0.3) is 0 Å². The molecule has 1 rings (SSSR count). The second kappa shape index (κ2) is 4.25. The van der Waals surface area contributed by atoms with Crippen LogP contribution in [0.2, 0.25) is 0 Å². The fourth-order valence-electron chi connectivity index (χ4n) is 0.716. The minimum atomic E-state index is -0.247. The van der Waals surface area contributed by atoms with Gasteiger partial charge in [0, 0.05) is 6.92 Å². The van der Waals surface area contributed by atoms with Crippen LogP contribution in [0, 0.1) is 0 Å². The summed E-state index contributed by atoms with van der Waals surface area (Å²) in [5.74, 6) is -0.271. The number of amidine groups is 1. The number of rotatable bonds is 3. The molecule has 0 radical (unpaired) electrons. The van der Waals surface area contributed by atoms with E-state index in [1.54, 1.807) is 0 Å². The number of nitrogens with two attached hydrogens (primary N) is 1. The van der Waals surface area contributed by atoms with E-state index in [1.165, 1.54) is 6.92 Å². The van der Waals surface area contributed by atoms with Crippen molar-refractivity contribution in [3.63, 3.8) is 0 Å². The molecular weight excluding hydrogens is 166 g/mol. The molecule has 0 aliphatic heterocycles. The van der Waals surface area contributed by atoms with Gasteiger partial charge in [-0.25, -0.2) is 0 Å². The predicted octanol–water partition coefficient (Wildman–Crippen LogP) is 0.960. The number of nitrogens with zero attached hydrogens (tertiary/aromatic N) is 1. The van der Waals surface area contributed by atoms with E-state index in [1.807, 2.05) is 30.3 Å². The molecule has 4 nitrogen and oxygen atoms in total. The van der Waals surface area contributed by atoms with Crippen molar-refractivity contribution in [2.24, 2.45) is 10.8 Å². The van der Waals surface area contributed by atoms with Crippen molar-refractivity contribution in [1.82, 2.24) is 0 Å². The second-order valence-corrected chi connectivity index (χ2v) is 2.53. The van der Waals surface area contributed by atoms with E-state index in [4.69, 9.17) is 5.73 Å². The second-order valence-electron chi connectivity index (χ2n) is 2.53. The van der Waals surface area contributed by atoms with Crippen molar-refractivity contribution >= 4 is 17.3 Å². The first-order valence-corrected chi connectivity index (χ1v) is 3.85. The molecule has 0 fully saturated rings. The summed E-state index contributed by atoms with van der Waals surface area (Å²) in [5.41, 5.74) is 8.77. The van der Waals surface area contributed by atoms with Gasteiger partial charge in [-0.15, -0.1) is 0 Å². The lowest BCUT2D eigenvalue weighted by molar-refractivity contribution is -0.111. The van der Waals surface area contributed by atoms with Crippen LogP contribution >= 0.6 is 0 Å². The molecule has 0 amide bonds. The van der Waals surface area contributed by atoms with Crippen LogP contribution in [0.1, 0.15) is 6.92 Å². The normalized spacial score (nSPS) is 11.0. The molecule has 0 heterocycles. The molecule has 3 N–H and O–H groups in total. The van der Waals surface area contributed by atoms with Crippen LogP contribution in [0.5, 0.6) is 0 Å². The SMILES string of the molecule is CC(=O)/C(N)=N\Nc1ccccc1. The highest BCUT2D eigenvalue weighted by molar-refractivity contribution is 6.37. The third kappa shape index (κ3) is 2.94. The highest BCUT2D eigenvalue weighted by Gasteiger charge is 1.97. The van der Waals surface area contributed by atoms with Gasteiger partial charge in [-0.2, -0.15) is 5.10 Å². The molecule has 0 saturated heterocycles. The number of carbonyl (C=O) groups excluding carboxylic acids is 1. The standard InChI is InChI=1S/C9H11N3O/c1-7(13)9(10)12-11-8-5-3-2-4-6-8/h2-6,11H,1H3,(H2,10,12). The van der Waals surface area contributed by atoms with Crippen molar-refractivity contribution in [2.75, 3.05) is 5.43 Å². The van der Waals surface area contributed by atoms with Gasteiger partial charge in [-0.3, -0.25) is 10.2 Å². The van der Waals surface area contributed by atoms with Gasteiger partial charge < -0.3 is 5.73 Å². The fourth-order valence-corrected chi connectivity index (χ4v) is 0.716. The smallest absolute Gasteiger partial charge is 0.196 e. The molecule has 0 saturated carbocycles. The Morgan fingerprint density at radius 3 is 2.54 bits per heavy atom. The number of hydrazone groups is 1. The molecule has 0 aliphatic rings. The average molecular weight is 177 g/mol. The van der Waals surface area contributed by atoms with Crippen molar-refractivity contribution in [1.29, 1.82) is 0 Å². The number of carbonyl (C=O) groups is 1. The van der Waals surface area contributed by atoms with Gasteiger partial charge in [-0.1, -0.05) is 18.2 Å². The Labute approximate surface area is 76.4 Å². The van der Waals surface area contributed by atoms with E-state index in [2.05, 4.69) is 10.5 Å². The zero-order valence-corrected chi connectivity index (χ0v) is 7.32. The molecule has 0 unspecified atom stereocenters. The van der Waals surface area contributed by atoms with E-state index in [9.17, 15) is 4.79 Å². The van der Waals surface area contributed by atoms with Crippen LogP contribution in [0.4, 0.5) is 5.69 Å². The van der Waals surface area contributed by atoms with Crippen molar-refractivity contribution < 1.29 is 4.79 Å². The highest BCUT2D eigenvalue weighted by atomic mass is 16.1. The summed E-state index contributed by atoms with van der Waals surface area (Å²) in [6.45, 7) is 1.37. The van der Waals surface area contributed by atoms with E-state index >= 15 is 0 Å². The summed E-state index contributed by atoms with van der Waals surface area (Å²) in [7, 11) is 0. The quantitative estimate of drug-likeness (QED) is 0.410. The summed E-state index contributed by atoms with van der Waals surface area (Å²) in [4.78, 5) is 10.7. The van der Waals surface area contributed by atoms with Gasteiger partial charge in [0.1, 0.15) is 0 Å². The Morgan fingerprint density at radius 2 is 2.00 bits per heavy atom. The van der Waals surface area contributed by atoms with Crippen LogP contribution in [0.25, 0.3) is 0 Å². The minimum absolute atomic E-state index is 0.0242. The summed E-state index contributed by atoms with van der Waals surface area (Å²) >= 11 is 0. The van der Waals surface area contributed by atoms with Crippen LogP contribution in [-0.2, 0) is 4.79 Å². The first kappa shape index (κ1) is 9.25. The van der Waals surface area contributed by atoms with Gasteiger partial charge in [0.2, 0.25) is 0 Å².